The van der Waals surface area contributed by atoms with Gasteiger partial charge in [0.05, 0.1) is 11.7 Å². The Morgan fingerprint density at radius 1 is 1.41 bits per heavy atom. The number of carbonyl (C=O) groups is 1. The summed E-state index contributed by atoms with van der Waals surface area (Å²) in [6, 6.07) is 7.64. The second kappa shape index (κ2) is 6.28. The molecule has 1 amide bonds. The van der Waals surface area contributed by atoms with Crippen LogP contribution in [0.5, 0.6) is 0 Å². The summed E-state index contributed by atoms with van der Waals surface area (Å²) in [4.78, 5) is 14.0. The van der Waals surface area contributed by atoms with Crippen molar-refractivity contribution < 1.29 is 4.79 Å². The van der Waals surface area contributed by atoms with Crippen LogP contribution in [0.1, 0.15) is 0 Å². The van der Waals surface area contributed by atoms with E-state index < -0.39 is 0 Å². The first kappa shape index (κ1) is 14.1. The first-order valence-electron chi connectivity index (χ1n) is 7.08. The minimum atomic E-state index is -0.237. The quantitative estimate of drug-likeness (QED) is 0.575. The monoisotopic (exact) mass is 296 g/mol. The van der Waals surface area contributed by atoms with Crippen LogP contribution < -0.4 is 10.6 Å². The zero-order valence-corrected chi connectivity index (χ0v) is 12.0. The van der Waals surface area contributed by atoms with E-state index in [0.29, 0.717) is 13.1 Å². The third-order valence-electron chi connectivity index (χ3n) is 3.58. The molecule has 2 aromatic rings. The van der Waals surface area contributed by atoms with E-state index in [1.165, 1.54) is 6.20 Å². The summed E-state index contributed by atoms with van der Waals surface area (Å²) >= 11 is 0. The lowest BCUT2D eigenvalue weighted by Gasteiger charge is -2.27. The number of hydrogen-bond acceptors (Lipinski definition) is 5. The molecule has 0 radical (unpaired) electrons. The molecule has 1 aromatic heterocycles. The van der Waals surface area contributed by atoms with Crippen molar-refractivity contribution in [3.63, 3.8) is 0 Å². The fourth-order valence-electron chi connectivity index (χ4n) is 2.36. The van der Waals surface area contributed by atoms with Crippen molar-refractivity contribution in [2.24, 2.45) is 0 Å². The largest absolute Gasteiger partial charge is 0.360 e. The maximum absolute atomic E-state index is 12.3. The number of carbonyl (C=O) groups excluding carboxylic acids is 1. The molecule has 0 saturated carbocycles. The molecule has 7 nitrogen and oxygen atoms in total. The number of benzene rings is 1. The van der Waals surface area contributed by atoms with E-state index in [-0.39, 0.29) is 11.5 Å². The zero-order valence-electron chi connectivity index (χ0n) is 12.0. The number of anilines is 1. The molecule has 3 N–H and O–H groups in total. The van der Waals surface area contributed by atoms with E-state index in [2.05, 4.69) is 20.8 Å². The lowest BCUT2D eigenvalue weighted by Crippen LogP contribution is -2.46. The van der Waals surface area contributed by atoms with E-state index in [1.54, 1.807) is 11.1 Å². The highest BCUT2D eigenvalue weighted by Gasteiger charge is 2.19. The average Bonchev–Trinajstić information content (AvgIpc) is 3.03. The number of nitrogens with one attached hydrogen (secondary N) is 3. The van der Waals surface area contributed by atoms with Gasteiger partial charge in [0.2, 0.25) is 0 Å². The van der Waals surface area contributed by atoms with Gasteiger partial charge in [0, 0.05) is 43.5 Å². The van der Waals surface area contributed by atoms with Crippen molar-refractivity contribution in [1.82, 2.24) is 20.4 Å². The van der Waals surface area contributed by atoms with E-state index in [0.717, 1.165) is 29.7 Å². The molecule has 3 rings (SSSR count). The number of rotatable bonds is 3. The van der Waals surface area contributed by atoms with Crippen molar-refractivity contribution in [3.8, 4) is 6.07 Å². The van der Waals surface area contributed by atoms with Crippen molar-refractivity contribution in [1.29, 1.82) is 5.26 Å². The number of hydrogen-bond donors (Lipinski definition) is 3. The Morgan fingerprint density at radius 3 is 3.00 bits per heavy atom. The highest BCUT2D eigenvalue weighted by Crippen LogP contribution is 2.17. The van der Waals surface area contributed by atoms with Crippen LogP contribution in [-0.2, 0) is 4.79 Å². The third-order valence-corrected chi connectivity index (χ3v) is 3.58. The van der Waals surface area contributed by atoms with E-state index >= 15 is 0 Å². The molecule has 2 heterocycles. The predicted octanol–water partition coefficient (Wildman–Crippen LogP) is 0.814. The van der Waals surface area contributed by atoms with Crippen molar-refractivity contribution >= 4 is 22.5 Å². The van der Waals surface area contributed by atoms with Gasteiger partial charge in [0.15, 0.2) is 0 Å². The van der Waals surface area contributed by atoms with E-state index in [9.17, 15) is 10.1 Å². The Morgan fingerprint density at radius 2 is 2.23 bits per heavy atom. The number of piperazine rings is 1. The van der Waals surface area contributed by atoms with Gasteiger partial charge in [-0.1, -0.05) is 0 Å². The van der Waals surface area contributed by atoms with E-state index in [4.69, 9.17) is 0 Å². The Bertz CT molecular complexity index is 751. The number of aromatic nitrogens is 2. The molecule has 0 spiro atoms. The first-order valence-corrected chi connectivity index (χ1v) is 7.08. The molecule has 0 unspecified atom stereocenters. The van der Waals surface area contributed by atoms with Crippen LogP contribution in [0.2, 0.25) is 0 Å². The topological polar surface area (TPSA) is 96.8 Å². The number of amides is 1. The fraction of sp³-hybridized carbons (Fsp3) is 0.267. The van der Waals surface area contributed by atoms with Crippen LogP contribution in [0.25, 0.3) is 10.9 Å². The average molecular weight is 296 g/mol. The van der Waals surface area contributed by atoms with Gasteiger partial charge in [-0.15, -0.1) is 0 Å². The molecule has 22 heavy (non-hydrogen) atoms. The summed E-state index contributed by atoms with van der Waals surface area (Å²) in [6.45, 7) is 2.76. The zero-order chi connectivity index (χ0) is 15.4. The maximum Gasteiger partial charge on any atom is 0.266 e. The van der Waals surface area contributed by atoms with Crippen LogP contribution in [0.4, 0.5) is 5.69 Å². The number of aromatic amines is 1. The molecule has 1 aliphatic rings. The van der Waals surface area contributed by atoms with Crippen molar-refractivity contribution in [2.75, 3.05) is 31.5 Å². The molecular weight excluding hydrogens is 280 g/mol. The second-order valence-electron chi connectivity index (χ2n) is 5.03. The molecule has 1 aliphatic heterocycles. The number of nitriles is 1. The van der Waals surface area contributed by atoms with Crippen molar-refractivity contribution in [2.45, 2.75) is 0 Å². The van der Waals surface area contributed by atoms with Gasteiger partial charge in [-0.2, -0.15) is 10.4 Å². The smallest absolute Gasteiger partial charge is 0.266 e. The summed E-state index contributed by atoms with van der Waals surface area (Å²) in [5, 5.41) is 23.2. The van der Waals surface area contributed by atoms with Gasteiger partial charge in [0.1, 0.15) is 11.6 Å². The predicted molar refractivity (Wildman–Crippen MR) is 82.9 cm³/mol. The molecule has 1 saturated heterocycles. The summed E-state index contributed by atoms with van der Waals surface area (Å²) < 4.78 is 0. The molecule has 112 valence electrons. The molecular formula is C15H16N6O. The normalized spacial score (nSPS) is 15.6. The van der Waals surface area contributed by atoms with Gasteiger partial charge in [-0.3, -0.25) is 9.89 Å². The summed E-state index contributed by atoms with van der Waals surface area (Å²) in [6.07, 6.45) is 3.20. The Kier molecular flexibility index (Phi) is 4.03. The Labute approximate surface area is 127 Å². The lowest BCUT2D eigenvalue weighted by atomic mass is 10.2. The van der Waals surface area contributed by atoms with Gasteiger partial charge in [0.25, 0.3) is 5.91 Å². The van der Waals surface area contributed by atoms with Gasteiger partial charge >= 0.3 is 0 Å². The van der Waals surface area contributed by atoms with Gasteiger partial charge in [-0.05, 0) is 18.2 Å². The lowest BCUT2D eigenvalue weighted by molar-refractivity contribution is -0.127. The SMILES string of the molecule is N#C/C(=C/Nc1ccc2cn[nH]c2c1)C(=O)N1CCNCC1. The minimum absolute atomic E-state index is 0.103. The summed E-state index contributed by atoms with van der Waals surface area (Å²) in [7, 11) is 0. The van der Waals surface area contributed by atoms with Gasteiger partial charge in [-0.25, -0.2) is 0 Å². The van der Waals surface area contributed by atoms with E-state index in [1.807, 2.05) is 24.3 Å². The van der Waals surface area contributed by atoms with Crippen molar-refractivity contribution in [3.05, 3.63) is 36.2 Å². The van der Waals surface area contributed by atoms with Crippen LogP contribution in [-0.4, -0.2) is 47.2 Å². The summed E-state index contributed by atoms with van der Waals surface area (Å²) in [5.74, 6) is -0.237. The van der Waals surface area contributed by atoms with Crippen LogP contribution in [0.15, 0.2) is 36.2 Å². The fourth-order valence-corrected chi connectivity index (χ4v) is 2.36. The summed E-state index contributed by atoms with van der Waals surface area (Å²) in [5.41, 5.74) is 1.79. The molecule has 1 fully saturated rings. The first-order chi connectivity index (χ1) is 10.8. The Balaban J connectivity index is 1.73. The number of fused-ring (bicyclic) bond motifs is 1. The molecule has 1 aromatic carbocycles. The number of nitrogens with zero attached hydrogens (tertiary/aromatic N) is 3. The Hall–Kier alpha value is -2.85. The second-order valence-corrected chi connectivity index (χ2v) is 5.03. The highest BCUT2D eigenvalue weighted by atomic mass is 16.2. The standard InChI is InChI=1S/C15H16N6O/c16-8-12(15(22)21-5-3-17-4-6-21)9-18-13-2-1-11-10-19-20-14(11)7-13/h1-2,7,9-10,17-18H,3-6H2,(H,19,20)/b12-9-. The highest BCUT2D eigenvalue weighted by molar-refractivity contribution is 5.97. The van der Waals surface area contributed by atoms with Crippen LogP contribution >= 0.6 is 0 Å². The number of H-pyrrole nitrogens is 1. The van der Waals surface area contributed by atoms with Crippen LogP contribution in [0.3, 0.4) is 0 Å². The third kappa shape index (κ3) is 2.92. The molecule has 7 heteroatoms. The molecule has 0 bridgehead atoms. The molecule has 0 aliphatic carbocycles. The molecule has 0 atom stereocenters. The van der Waals surface area contributed by atoms with Gasteiger partial charge < -0.3 is 15.5 Å². The minimum Gasteiger partial charge on any atom is -0.360 e. The van der Waals surface area contributed by atoms with Crippen LogP contribution in [0, 0.1) is 11.3 Å². The maximum atomic E-state index is 12.3.